The highest BCUT2D eigenvalue weighted by molar-refractivity contribution is 5.20. The van der Waals surface area contributed by atoms with Crippen molar-refractivity contribution < 1.29 is 8.78 Å². The van der Waals surface area contributed by atoms with Gasteiger partial charge in [-0.3, -0.25) is 0 Å². The zero-order chi connectivity index (χ0) is 14.1. The topological polar surface area (TPSA) is 15.3 Å². The number of hydrogen-bond donors (Lipinski definition) is 1. The number of likely N-dealkylation sites (tertiary alicyclic amines) is 1. The summed E-state index contributed by atoms with van der Waals surface area (Å²) in [7, 11) is 0. The van der Waals surface area contributed by atoms with Crippen molar-refractivity contribution in [2.75, 3.05) is 19.6 Å². The van der Waals surface area contributed by atoms with Crippen molar-refractivity contribution >= 4 is 0 Å². The van der Waals surface area contributed by atoms with Crippen molar-refractivity contribution in [3.05, 3.63) is 35.4 Å². The maximum Gasteiger partial charge on any atom is 0.126 e. The molecule has 3 rings (SSSR count). The van der Waals surface area contributed by atoms with Crippen LogP contribution in [0.1, 0.15) is 37.8 Å². The van der Waals surface area contributed by atoms with E-state index in [1.54, 1.807) is 0 Å². The van der Waals surface area contributed by atoms with Gasteiger partial charge in [0.1, 0.15) is 11.6 Å². The number of halogens is 2. The average molecular weight is 280 g/mol. The van der Waals surface area contributed by atoms with Gasteiger partial charge in [0.25, 0.3) is 0 Å². The molecular formula is C16H22F2N2. The molecule has 2 nitrogen and oxygen atoms in total. The molecule has 1 aliphatic carbocycles. The first-order valence-electron chi connectivity index (χ1n) is 7.55. The Kier molecular flexibility index (Phi) is 4.03. The molecular weight excluding hydrogens is 258 g/mol. The number of hydrogen-bond acceptors (Lipinski definition) is 2. The predicted octanol–water partition coefficient (Wildman–Crippen LogP) is 3.10. The highest BCUT2D eigenvalue weighted by atomic mass is 19.1. The van der Waals surface area contributed by atoms with Crippen molar-refractivity contribution in [2.24, 2.45) is 5.92 Å². The molecule has 2 atom stereocenters. The maximum absolute atomic E-state index is 13.2. The van der Waals surface area contributed by atoms with E-state index in [1.165, 1.54) is 44.5 Å². The first-order chi connectivity index (χ1) is 9.61. The summed E-state index contributed by atoms with van der Waals surface area (Å²) in [6.07, 6.45) is 3.95. The van der Waals surface area contributed by atoms with Crippen LogP contribution in [0.4, 0.5) is 8.78 Å². The van der Waals surface area contributed by atoms with Crippen LogP contribution >= 0.6 is 0 Å². The van der Waals surface area contributed by atoms with Crippen LogP contribution in [0.2, 0.25) is 0 Å². The lowest BCUT2D eigenvalue weighted by molar-refractivity contribution is 0.310. The van der Waals surface area contributed by atoms with E-state index in [0.29, 0.717) is 11.5 Å². The van der Waals surface area contributed by atoms with Crippen molar-refractivity contribution in [2.45, 2.75) is 38.3 Å². The molecule has 0 amide bonds. The Morgan fingerprint density at radius 2 is 1.90 bits per heavy atom. The molecule has 1 saturated carbocycles. The molecule has 1 N–H and O–H groups in total. The first-order valence-corrected chi connectivity index (χ1v) is 7.55. The summed E-state index contributed by atoms with van der Waals surface area (Å²) in [5.41, 5.74) is 0.680. The molecule has 0 bridgehead atoms. The molecule has 4 heteroatoms. The van der Waals surface area contributed by atoms with Gasteiger partial charge in [-0.15, -0.1) is 0 Å². The van der Waals surface area contributed by atoms with E-state index in [-0.39, 0.29) is 6.04 Å². The van der Waals surface area contributed by atoms with Gasteiger partial charge in [-0.05, 0) is 62.9 Å². The monoisotopic (exact) mass is 280 g/mol. The van der Waals surface area contributed by atoms with E-state index >= 15 is 0 Å². The van der Waals surface area contributed by atoms with Crippen molar-refractivity contribution in [3.8, 4) is 0 Å². The summed E-state index contributed by atoms with van der Waals surface area (Å²) in [5, 5.41) is 3.42. The van der Waals surface area contributed by atoms with Gasteiger partial charge in [0.15, 0.2) is 0 Å². The Hall–Kier alpha value is -1.00. The number of nitrogens with zero attached hydrogens (tertiary/aromatic N) is 1. The third-order valence-electron chi connectivity index (χ3n) is 4.48. The minimum Gasteiger partial charge on any atom is -0.310 e. The Balaban J connectivity index is 1.50. The second-order valence-electron chi connectivity index (χ2n) is 6.21. The van der Waals surface area contributed by atoms with Gasteiger partial charge in [0, 0.05) is 24.7 Å². The Morgan fingerprint density at radius 3 is 2.55 bits per heavy atom. The molecule has 1 aromatic rings. The first kappa shape index (κ1) is 14.0. The fourth-order valence-corrected chi connectivity index (χ4v) is 3.09. The summed E-state index contributed by atoms with van der Waals surface area (Å²) in [6.45, 7) is 5.26. The summed E-state index contributed by atoms with van der Waals surface area (Å²) in [5.74, 6) is -0.347. The average Bonchev–Trinajstić information content (AvgIpc) is 3.14. The smallest absolute Gasteiger partial charge is 0.126 e. The minimum atomic E-state index is -0.505. The SMILES string of the molecule is CC(NCC1CCN(C2CC2)C1)c1cc(F)cc(F)c1. The molecule has 1 aromatic carbocycles. The highest BCUT2D eigenvalue weighted by Crippen LogP contribution is 2.31. The van der Waals surface area contributed by atoms with E-state index in [4.69, 9.17) is 0 Å². The van der Waals surface area contributed by atoms with Crippen LogP contribution in [0.25, 0.3) is 0 Å². The maximum atomic E-state index is 13.2. The molecule has 0 radical (unpaired) electrons. The Bertz CT molecular complexity index is 453. The summed E-state index contributed by atoms with van der Waals surface area (Å²) < 4.78 is 26.4. The zero-order valence-electron chi connectivity index (χ0n) is 11.9. The van der Waals surface area contributed by atoms with Gasteiger partial charge in [0.2, 0.25) is 0 Å². The quantitative estimate of drug-likeness (QED) is 0.891. The van der Waals surface area contributed by atoms with Crippen LogP contribution < -0.4 is 5.32 Å². The zero-order valence-corrected chi connectivity index (χ0v) is 11.9. The van der Waals surface area contributed by atoms with Gasteiger partial charge in [-0.2, -0.15) is 0 Å². The summed E-state index contributed by atoms with van der Waals surface area (Å²) in [4.78, 5) is 2.58. The van der Waals surface area contributed by atoms with Crippen LogP contribution in [0.15, 0.2) is 18.2 Å². The Labute approximate surface area is 119 Å². The third kappa shape index (κ3) is 3.36. The second-order valence-corrected chi connectivity index (χ2v) is 6.21. The largest absolute Gasteiger partial charge is 0.310 e. The molecule has 2 aliphatic rings. The molecule has 1 heterocycles. The molecule has 20 heavy (non-hydrogen) atoms. The third-order valence-corrected chi connectivity index (χ3v) is 4.48. The fourth-order valence-electron chi connectivity index (χ4n) is 3.09. The molecule has 1 aliphatic heterocycles. The van der Waals surface area contributed by atoms with E-state index in [0.717, 1.165) is 18.7 Å². The molecule has 2 fully saturated rings. The van der Waals surface area contributed by atoms with E-state index in [9.17, 15) is 8.78 Å². The normalized spacial score (nSPS) is 25.1. The predicted molar refractivity (Wildman–Crippen MR) is 75.5 cm³/mol. The van der Waals surface area contributed by atoms with E-state index in [1.807, 2.05) is 6.92 Å². The molecule has 2 unspecified atom stereocenters. The lowest BCUT2D eigenvalue weighted by atomic mass is 10.1. The lowest BCUT2D eigenvalue weighted by Gasteiger charge is -2.19. The van der Waals surface area contributed by atoms with Gasteiger partial charge >= 0.3 is 0 Å². The molecule has 0 aromatic heterocycles. The summed E-state index contributed by atoms with van der Waals surface area (Å²) in [6, 6.07) is 4.56. The second kappa shape index (κ2) is 5.78. The lowest BCUT2D eigenvalue weighted by Crippen LogP contribution is -2.29. The number of rotatable bonds is 5. The molecule has 1 saturated heterocycles. The van der Waals surface area contributed by atoms with Gasteiger partial charge in [-0.1, -0.05) is 0 Å². The van der Waals surface area contributed by atoms with Crippen LogP contribution in [0, 0.1) is 17.6 Å². The van der Waals surface area contributed by atoms with Gasteiger partial charge in [0.05, 0.1) is 0 Å². The Morgan fingerprint density at radius 1 is 1.20 bits per heavy atom. The van der Waals surface area contributed by atoms with Gasteiger partial charge < -0.3 is 10.2 Å². The molecule has 0 spiro atoms. The van der Waals surface area contributed by atoms with E-state index < -0.39 is 11.6 Å². The fraction of sp³-hybridized carbons (Fsp3) is 0.625. The minimum absolute atomic E-state index is 0.0184. The van der Waals surface area contributed by atoms with Crippen LogP contribution in [-0.2, 0) is 0 Å². The van der Waals surface area contributed by atoms with Crippen molar-refractivity contribution in [1.29, 1.82) is 0 Å². The van der Waals surface area contributed by atoms with Crippen molar-refractivity contribution in [3.63, 3.8) is 0 Å². The highest BCUT2D eigenvalue weighted by Gasteiger charge is 2.34. The van der Waals surface area contributed by atoms with Crippen LogP contribution in [0.3, 0.4) is 0 Å². The number of nitrogens with one attached hydrogen (secondary N) is 1. The van der Waals surface area contributed by atoms with E-state index in [2.05, 4.69) is 10.2 Å². The molecule has 110 valence electrons. The van der Waals surface area contributed by atoms with Gasteiger partial charge in [-0.25, -0.2) is 8.78 Å². The van der Waals surface area contributed by atoms with Crippen LogP contribution in [0.5, 0.6) is 0 Å². The van der Waals surface area contributed by atoms with Crippen LogP contribution in [-0.4, -0.2) is 30.6 Å². The standard InChI is InChI=1S/C16H22F2N2/c1-11(13-6-14(17)8-15(18)7-13)19-9-12-4-5-20(10-12)16-2-3-16/h6-8,11-12,16,19H,2-5,9-10H2,1H3. The van der Waals surface area contributed by atoms with Crippen molar-refractivity contribution in [1.82, 2.24) is 10.2 Å². The summed E-state index contributed by atoms with van der Waals surface area (Å²) >= 11 is 0. The number of benzene rings is 1.